The molecule has 1 saturated heterocycles. The first kappa shape index (κ1) is 14.0. The van der Waals surface area contributed by atoms with Crippen molar-refractivity contribution in [2.45, 2.75) is 31.7 Å². The molecule has 0 aliphatic carbocycles. The number of nitrogens with zero attached hydrogens (tertiary/aromatic N) is 1. The molecule has 0 aromatic carbocycles. The maximum Gasteiger partial charge on any atom is 0.329 e. The Morgan fingerprint density at radius 2 is 1.94 bits per heavy atom. The number of amides is 1. The molecule has 1 aliphatic heterocycles. The van der Waals surface area contributed by atoms with Gasteiger partial charge in [-0.2, -0.15) is 0 Å². The SMILES string of the molecule is CC1(C(=O)O)CCCCN1C(=O)CS(C)(=O)=O. The summed E-state index contributed by atoms with van der Waals surface area (Å²) >= 11 is 0. The topological polar surface area (TPSA) is 91.8 Å². The van der Waals surface area contributed by atoms with Crippen molar-refractivity contribution in [1.82, 2.24) is 4.90 Å². The fourth-order valence-electron chi connectivity index (χ4n) is 2.05. The molecule has 1 atom stereocenters. The number of piperidine rings is 1. The molecule has 6 nitrogen and oxygen atoms in total. The third-order valence-electron chi connectivity index (χ3n) is 3.04. The van der Waals surface area contributed by atoms with Gasteiger partial charge < -0.3 is 10.0 Å². The molecule has 0 aromatic heterocycles. The van der Waals surface area contributed by atoms with Gasteiger partial charge in [0, 0.05) is 12.8 Å². The molecule has 0 spiro atoms. The van der Waals surface area contributed by atoms with Crippen LogP contribution in [-0.4, -0.2) is 54.4 Å². The highest BCUT2D eigenvalue weighted by atomic mass is 32.2. The van der Waals surface area contributed by atoms with Gasteiger partial charge in [0.25, 0.3) is 0 Å². The van der Waals surface area contributed by atoms with Crippen molar-refractivity contribution in [1.29, 1.82) is 0 Å². The van der Waals surface area contributed by atoms with Crippen molar-refractivity contribution < 1.29 is 23.1 Å². The summed E-state index contributed by atoms with van der Waals surface area (Å²) in [4.78, 5) is 24.2. The molecular formula is C10H17NO5S. The van der Waals surface area contributed by atoms with Crippen molar-refractivity contribution in [3.63, 3.8) is 0 Å². The first-order valence-electron chi connectivity index (χ1n) is 5.38. The minimum absolute atomic E-state index is 0.303. The van der Waals surface area contributed by atoms with Gasteiger partial charge >= 0.3 is 5.97 Å². The summed E-state index contributed by atoms with van der Waals surface area (Å²) in [6.07, 6.45) is 2.76. The number of rotatable bonds is 3. The quantitative estimate of drug-likeness (QED) is 0.767. The second kappa shape index (κ2) is 4.64. The minimum atomic E-state index is -3.43. The maximum absolute atomic E-state index is 11.8. The van der Waals surface area contributed by atoms with Gasteiger partial charge in [-0.1, -0.05) is 0 Å². The molecule has 0 saturated carbocycles. The van der Waals surface area contributed by atoms with Crippen molar-refractivity contribution >= 4 is 21.7 Å². The number of carbonyl (C=O) groups excluding carboxylic acids is 1. The Kier molecular flexibility index (Phi) is 3.81. The zero-order chi connectivity index (χ0) is 13.3. The van der Waals surface area contributed by atoms with E-state index in [1.54, 1.807) is 0 Å². The number of sulfone groups is 1. The smallest absolute Gasteiger partial charge is 0.329 e. The number of hydrogen-bond acceptors (Lipinski definition) is 4. The fraction of sp³-hybridized carbons (Fsp3) is 0.800. The van der Waals surface area contributed by atoms with Crippen LogP contribution in [0.1, 0.15) is 26.2 Å². The molecule has 1 unspecified atom stereocenters. The zero-order valence-corrected chi connectivity index (χ0v) is 10.8. The molecule has 1 heterocycles. The van der Waals surface area contributed by atoms with Gasteiger partial charge in [0.05, 0.1) is 0 Å². The second-order valence-electron chi connectivity index (χ2n) is 4.65. The first-order valence-corrected chi connectivity index (χ1v) is 7.44. The lowest BCUT2D eigenvalue weighted by atomic mass is 9.88. The van der Waals surface area contributed by atoms with Gasteiger partial charge in [0.15, 0.2) is 9.84 Å². The molecule has 1 fully saturated rings. The molecule has 1 aliphatic rings. The fourth-order valence-corrected chi connectivity index (χ4v) is 2.65. The average Bonchev–Trinajstić information content (AvgIpc) is 2.15. The summed E-state index contributed by atoms with van der Waals surface area (Å²) in [6.45, 7) is 1.77. The largest absolute Gasteiger partial charge is 0.480 e. The van der Waals surface area contributed by atoms with Gasteiger partial charge in [0.1, 0.15) is 11.3 Å². The molecule has 98 valence electrons. The summed E-state index contributed by atoms with van der Waals surface area (Å²) < 4.78 is 22.1. The van der Waals surface area contributed by atoms with Crippen molar-refractivity contribution in [3.05, 3.63) is 0 Å². The van der Waals surface area contributed by atoms with Crippen molar-refractivity contribution in [3.8, 4) is 0 Å². The molecule has 0 radical (unpaired) electrons. The Bertz CT molecular complexity index is 430. The highest BCUT2D eigenvalue weighted by Crippen LogP contribution is 2.28. The van der Waals surface area contributed by atoms with E-state index < -0.39 is 33.0 Å². The van der Waals surface area contributed by atoms with E-state index in [9.17, 15) is 23.1 Å². The lowest BCUT2D eigenvalue weighted by molar-refractivity contribution is -0.159. The lowest BCUT2D eigenvalue weighted by Crippen LogP contribution is -2.58. The molecule has 0 aromatic rings. The van der Waals surface area contributed by atoms with Gasteiger partial charge in [0.2, 0.25) is 5.91 Å². The van der Waals surface area contributed by atoms with E-state index >= 15 is 0 Å². The Hall–Kier alpha value is -1.11. The van der Waals surface area contributed by atoms with Gasteiger partial charge in [-0.25, -0.2) is 13.2 Å². The van der Waals surface area contributed by atoms with E-state index in [-0.39, 0.29) is 0 Å². The Morgan fingerprint density at radius 3 is 2.41 bits per heavy atom. The van der Waals surface area contributed by atoms with Crippen LogP contribution < -0.4 is 0 Å². The zero-order valence-electron chi connectivity index (χ0n) is 9.97. The predicted octanol–water partition coefficient (Wildman–Crippen LogP) is -0.113. The first-order chi connectivity index (χ1) is 7.67. The lowest BCUT2D eigenvalue weighted by Gasteiger charge is -2.41. The third-order valence-corrected chi connectivity index (χ3v) is 3.81. The van der Waals surface area contributed by atoms with E-state index in [2.05, 4.69) is 0 Å². The van der Waals surface area contributed by atoms with Gasteiger partial charge in [-0.05, 0) is 26.2 Å². The highest BCUT2D eigenvalue weighted by Gasteiger charge is 2.44. The summed E-state index contributed by atoms with van der Waals surface area (Å²) in [5.41, 5.74) is -1.28. The van der Waals surface area contributed by atoms with Crippen molar-refractivity contribution in [2.75, 3.05) is 18.6 Å². The van der Waals surface area contributed by atoms with E-state index in [1.165, 1.54) is 11.8 Å². The summed E-state index contributed by atoms with van der Waals surface area (Å²) in [5.74, 6) is -2.34. The van der Waals surface area contributed by atoms with Crippen LogP contribution >= 0.6 is 0 Å². The maximum atomic E-state index is 11.8. The standard InChI is InChI=1S/C10H17NO5S/c1-10(9(13)14)5-3-4-6-11(10)8(12)7-17(2,15)16/h3-7H2,1-2H3,(H,13,14). The van der Waals surface area contributed by atoms with Crippen LogP contribution in [0, 0.1) is 0 Å². The van der Waals surface area contributed by atoms with Crippen LogP contribution in [0.2, 0.25) is 0 Å². The molecule has 1 N–H and O–H groups in total. The van der Waals surface area contributed by atoms with Gasteiger partial charge in [-0.3, -0.25) is 4.79 Å². The normalized spacial score (nSPS) is 25.6. The average molecular weight is 263 g/mol. The van der Waals surface area contributed by atoms with Crippen LogP contribution in [0.4, 0.5) is 0 Å². The molecule has 1 amide bonds. The van der Waals surface area contributed by atoms with E-state index in [1.807, 2.05) is 0 Å². The van der Waals surface area contributed by atoms with Crippen LogP contribution in [0.25, 0.3) is 0 Å². The van der Waals surface area contributed by atoms with Crippen LogP contribution in [0.15, 0.2) is 0 Å². The summed E-state index contributed by atoms with van der Waals surface area (Å²) in [5, 5.41) is 9.17. The number of hydrogen-bond donors (Lipinski definition) is 1. The molecule has 17 heavy (non-hydrogen) atoms. The Labute approximate surface area is 101 Å². The van der Waals surface area contributed by atoms with Crippen LogP contribution in [-0.2, 0) is 19.4 Å². The van der Waals surface area contributed by atoms with Crippen LogP contribution in [0.3, 0.4) is 0 Å². The third kappa shape index (κ3) is 3.18. The number of carbonyl (C=O) groups is 2. The number of aliphatic carboxylic acids is 1. The predicted molar refractivity (Wildman–Crippen MR) is 61.3 cm³/mol. The highest BCUT2D eigenvalue weighted by molar-refractivity contribution is 7.91. The molecule has 7 heteroatoms. The van der Waals surface area contributed by atoms with Crippen LogP contribution in [0.5, 0.6) is 0 Å². The molecular weight excluding hydrogens is 246 g/mol. The van der Waals surface area contributed by atoms with Crippen molar-refractivity contribution in [2.24, 2.45) is 0 Å². The second-order valence-corrected chi connectivity index (χ2v) is 6.79. The number of likely N-dealkylation sites (tertiary alicyclic amines) is 1. The Balaban J connectivity index is 2.93. The molecule has 1 rings (SSSR count). The summed E-state index contributed by atoms with van der Waals surface area (Å²) in [7, 11) is -3.43. The number of carboxylic acid groups (broad SMARTS) is 1. The van der Waals surface area contributed by atoms with E-state index in [0.717, 1.165) is 12.7 Å². The minimum Gasteiger partial charge on any atom is -0.480 e. The number of carboxylic acids is 1. The summed E-state index contributed by atoms with van der Waals surface area (Å²) in [6, 6.07) is 0. The van der Waals surface area contributed by atoms with E-state index in [0.29, 0.717) is 19.4 Å². The van der Waals surface area contributed by atoms with E-state index in [4.69, 9.17) is 0 Å². The van der Waals surface area contributed by atoms with Gasteiger partial charge in [-0.15, -0.1) is 0 Å². The Morgan fingerprint density at radius 1 is 1.35 bits per heavy atom. The molecule has 0 bridgehead atoms. The monoisotopic (exact) mass is 263 g/mol.